The Balaban J connectivity index is 1.36. The minimum Gasteiger partial charge on any atom is -0.376 e. The van der Waals surface area contributed by atoms with E-state index in [9.17, 15) is 4.79 Å². The summed E-state index contributed by atoms with van der Waals surface area (Å²) in [5.41, 5.74) is 4.51. The van der Waals surface area contributed by atoms with Crippen LogP contribution in [0.1, 0.15) is 25.3 Å². The molecule has 0 aliphatic carbocycles. The molecule has 6 heteroatoms. The average Bonchev–Trinajstić information content (AvgIpc) is 3.51. The quantitative estimate of drug-likeness (QED) is 0.524. The van der Waals surface area contributed by atoms with Crippen molar-refractivity contribution in [3.63, 3.8) is 0 Å². The van der Waals surface area contributed by atoms with Crippen LogP contribution < -0.4 is 4.90 Å². The van der Waals surface area contributed by atoms with Gasteiger partial charge in [-0.05, 0) is 43.4 Å². The molecule has 1 saturated heterocycles. The van der Waals surface area contributed by atoms with Crippen molar-refractivity contribution < 1.29 is 9.53 Å². The number of carbonyl (C=O) groups is 1. The van der Waals surface area contributed by atoms with Crippen molar-refractivity contribution in [2.45, 2.75) is 50.0 Å². The van der Waals surface area contributed by atoms with Crippen molar-refractivity contribution >= 4 is 23.4 Å². The van der Waals surface area contributed by atoms with Gasteiger partial charge in [-0.25, -0.2) is 4.98 Å². The number of hydrogen-bond donors (Lipinski definition) is 0. The molecule has 2 aromatic carbocycles. The lowest BCUT2D eigenvalue weighted by Gasteiger charge is -2.22. The molecule has 1 aromatic heterocycles. The zero-order valence-corrected chi connectivity index (χ0v) is 18.6. The molecule has 2 aliphatic heterocycles. The lowest BCUT2D eigenvalue weighted by atomic mass is 10.1. The number of aromatic nitrogens is 2. The van der Waals surface area contributed by atoms with Crippen molar-refractivity contribution in [1.82, 2.24) is 9.55 Å². The number of ether oxygens (including phenoxy) is 1. The molecule has 2 aliphatic rings. The van der Waals surface area contributed by atoms with Crippen LogP contribution in [0.4, 0.5) is 5.69 Å². The highest BCUT2D eigenvalue weighted by atomic mass is 32.2. The number of rotatable bonds is 6. The molecular weight excluding hydrogens is 406 g/mol. The lowest BCUT2D eigenvalue weighted by molar-refractivity contribution is -0.116. The highest BCUT2D eigenvalue weighted by molar-refractivity contribution is 7.99. The van der Waals surface area contributed by atoms with Gasteiger partial charge in [0.1, 0.15) is 0 Å². The van der Waals surface area contributed by atoms with E-state index in [1.54, 1.807) is 0 Å². The molecule has 1 amide bonds. The number of carbonyl (C=O) groups excluding carboxylic acids is 1. The lowest BCUT2D eigenvalue weighted by Crippen LogP contribution is -2.37. The molecule has 0 radical (unpaired) electrons. The largest absolute Gasteiger partial charge is 0.376 e. The Hall–Kier alpha value is -2.57. The van der Waals surface area contributed by atoms with Gasteiger partial charge in [0.2, 0.25) is 5.91 Å². The SMILES string of the molecule is C[C@@H]1Cc2ccccc2N1C(=O)CSc1ncc(-c2ccccc2)n1C[C@@H]1CCCO1. The van der Waals surface area contributed by atoms with Crippen LogP contribution in [0.25, 0.3) is 11.3 Å². The van der Waals surface area contributed by atoms with E-state index in [1.165, 1.54) is 17.3 Å². The number of anilines is 1. The Labute approximate surface area is 187 Å². The van der Waals surface area contributed by atoms with Gasteiger partial charge in [0.05, 0.1) is 30.3 Å². The maximum absolute atomic E-state index is 13.2. The fraction of sp³-hybridized carbons (Fsp3) is 0.360. The fourth-order valence-electron chi connectivity index (χ4n) is 4.62. The Morgan fingerprint density at radius 3 is 2.77 bits per heavy atom. The summed E-state index contributed by atoms with van der Waals surface area (Å²) in [5.74, 6) is 0.505. The predicted molar refractivity (Wildman–Crippen MR) is 124 cm³/mol. The van der Waals surface area contributed by atoms with Crippen LogP contribution in [0, 0.1) is 0 Å². The third kappa shape index (κ3) is 4.14. The summed E-state index contributed by atoms with van der Waals surface area (Å²) in [4.78, 5) is 19.8. The smallest absolute Gasteiger partial charge is 0.237 e. The van der Waals surface area contributed by atoms with Crippen LogP contribution in [0.15, 0.2) is 66.0 Å². The summed E-state index contributed by atoms with van der Waals surface area (Å²) < 4.78 is 8.13. The predicted octanol–water partition coefficient (Wildman–Crippen LogP) is 4.80. The van der Waals surface area contributed by atoms with Crippen LogP contribution in [-0.4, -0.2) is 40.0 Å². The van der Waals surface area contributed by atoms with Crippen molar-refractivity contribution in [1.29, 1.82) is 0 Å². The number of fused-ring (bicyclic) bond motifs is 1. The van der Waals surface area contributed by atoms with E-state index in [0.717, 1.165) is 54.5 Å². The van der Waals surface area contributed by atoms with Crippen molar-refractivity contribution in [3.05, 3.63) is 66.4 Å². The van der Waals surface area contributed by atoms with Crippen LogP contribution in [-0.2, 0) is 22.5 Å². The molecule has 160 valence electrons. The molecule has 31 heavy (non-hydrogen) atoms. The summed E-state index contributed by atoms with van der Waals surface area (Å²) in [5, 5.41) is 0.878. The Morgan fingerprint density at radius 1 is 1.16 bits per heavy atom. The Bertz CT molecular complexity index is 1060. The average molecular weight is 434 g/mol. The highest BCUT2D eigenvalue weighted by Gasteiger charge is 2.31. The number of thioether (sulfide) groups is 1. The Kier molecular flexibility index (Phi) is 5.83. The first-order chi connectivity index (χ1) is 15.2. The van der Waals surface area contributed by atoms with Crippen molar-refractivity contribution in [2.75, 3.05) is 17.3 Å². The molecule has 5 rings (SSSR count). The van der Waals surface area contributed by atoms with E-state index in [1.807, 2.05) is 47.5 Å². The van der Waals surface area contributed by atoms with Gasteiger partial charge in [0.25, 0.3) is 0 Å². The first kappa shape index (κ1) is 20.3. The van der Waals surface area contributed by atoms with Crippen molar-refractivity contribution in [3.8, 4) is 11.3 Å². The van der Waals surface area contributed by atoms with E-state index >= 15 is 0 Å². The number of imidazole rings is 1. The number of nitrogens with zero attached hydrogens (tertiary/aromatic N) is 3. The van der Waals surface area contributed by atoms with Crippen LogP contribution in [0.2, 0.25) is 0 Å². The molecule has 0 N–H and O–H groups in total. The summed E-state index contributed by atoms with van der Waals surface area (Å²) in [7, 11) is 0. The standard InChI is InChI=1S/C25H27N3O2S/c1-18-14-20-10-5-6-12-22(20)28(18)24(29)17-31-25-26-15-23(19-8-3-2-4-9-19)27(25)16-21-11-7-13-30-21/h2-6,8-10,12,15,18,21H,7,11,13-14,16-17H2,1H3/t18-,21+/m1/s1. The zero-order valence-electron chi connectivity index (χ0n) is 17.7. The van der Waals surface area contributed by atoms with Crippen LogP contribution in [0.5, 0.6) is 0 Å². The molecular formula is C25H27N3O2S. The summed E-state index contributed by atoms with van der Waals surface area (Å²) in [6.45, 7) is 3.71. The van der Waals surface area contributed by atoms with Gasteiger partial charge < -0.3 is 14.2 Å². The zero-order chi connectivity index (χ0) is 21.2. The molecule has 3 heterocycles. The molecule has 0 bridgehead atoms. The first-order valence-corrected chi connectivity index (χ1v) is 11.9. The second-order valence-electron chi connectivity index (χ2n) is 8.27. The molecule has 2 atom stereocenters. The number of benzene rings is 2. The molecule has 0 spiro atoms. The first-order valence-electron chi connectivity index (χ1n) is 11.0. The number of para-hydroxylation sites is 1. The van der Waals surface area contributed by atoms with Gasteiger partial charge in [0.15, 0.2) is 5.16 Å². The monoisotopic (exact) mass is 433 g/mol. The van der Waals surface area contributed by atoms with E-state index in [0.29, 0.717) is 5.75 Å². The third-order valence-electron chi connectivity index (χ3n) is 6.10. The van der Waals surface area contributed by atoms with Gasteiger partial charge in [0, 0.05) is 18.3 Å². The van der Waals surface area contributed by atoms with Gasteiger partial charge in [-0.15, -0.1) is 0 Å². The fourth-order valence-corrected chi connectivity index (χ4v) is 5.47. The topological polar surface area (TPSA) is 47.4 Å². The molecule has 1 fully saturated rings. The van der Waals surface area contributed by atoms with E-state index < -0.39 is 0 Å². The highest BCUT2D eigenvalue weighted by Crippen LogP contribution is 2.33. The summed E-state index contributed by atoms with van der Waals surface area (Å²) >= 11 is 1.52. The molecule has 3 aromatic rings. The van der Waals surface area contributed by atoms with Crippen LogP contribution >= 0.6 is 11.8 Å². The number of amides is 1. The normalized spacial score (nSPS) is 20.2. The van der Waals surface area contributed by atoms with Gasteiger partial charge in [-0.3, -0.25) is 4.79 Å². The maximum Gasteiger partial charge on any atom is 0.237 e. The van der Waals surface area contributed by atoms with Crippen LogP contribution in [0.3, 0.4) is 0 Å². The third-order valence-corrected chi connectivity index (χ3v) is 7.07. The molecule has 0 saturated carbocycles. The maximum atomic E-state index is 13.2. The minimum atomic E-state index is 0.135. The second kappa shape index (κ2) is 8.89. The van der Waals surface area contributed by atoms with Gasteiger partial charge in [-0.1, -0.05) is 60.3 Å². The summed E-state index contributed by atoms with van der Waals surface area (Å²) in [6.07, 6.45) is 5.21. The van der Waals surface area contributed by atoms with E-state index in [-0.39, 0.29) is 18.1 Å². The van der Waals surface area contributed by atoms with E-state index in [4.69, 9.17) is 9.72 Å². The van der Waals surface area contributed by atoms with E-state index in [2.05, 4.69) is 29.7 Å². The minimum absolute atomic E-state index is 0.135. The van der Waals surface area contributed by atoms with Crippen molar-refractivity contribution in [2.24, 2.45) is 0 Å². The second-order valence-corrected chi connectivity index (χ2v) is 9.21. The molecule has 0 unspecified atom stereocenters. The summed E-state index contributed by atoms with van der Waals surface area (Å²) in [6, 6.07) is 18.7. The van der Waals surface area contributed by atoms with Gasteiger partial charge in [-0.2, -0.15) is 0 Å². The Morgan fingerprint density at radius 2 is 1.97 bits per heavy atom. The molecule has 5 nitrogen and oxygen atoms in total. The number of hydrogen-bond acceptors (Lipinski definition) is 4. The van der Waals surface area contributed by atoms with Gasteiger partial charge >= 0.3 is 0 Å².